The molecule has 0 spiro atoms. The van der Waals surface area contributed by atoms with Crippen molar-refractivity contribution in [1.82, 2.24) is 30.1 Å². The van der Waals surface area contributed by atoms with Crippen LogP contribution in [-0.4, -0.2) is 30.6 Å². The van der Waals surface area contributed by atoms with E-state index < -0.39 is 0 Å². The zero-order chi connectivity index (χ0) is 18.1. The molecular formula is C18H16N6O2. The Morgan fingerprint density at radius 3 is 2.92 bits per heavy atom. The highest BCUT2D eigenvalue weighted by Gasteiger charge is 2.15. The number of fused-ring (bicyclic) bond motifs is 1. The summed E-state index contributed by atoms with van der Waals surface area (Å²) in [6.45, 7) is 3.93. The van der Waals surface area contributed by atoms with Crippen LogP contribution in [0.15, 0.2) is 47.2 Å². The van der Waals surface area contributed by atoms with Crippen molar-refractivity contribution in [1.29, 1.82) is 0 Å². The molecule has 0 aliphatic heterocycles. The quantitative estimate of drug-likeness (QED) is 0.608. The molecule has 0 fully saturated rings. The molecule has 8 heteroatoms. The highest BCUT2D eigenvalue weighted by atomic mass is 16.5. The molecule has 3 heterocycles. The summed E-state index contributed by atoms with van der Waals surface area (Å²) in [6, 6.07) is 9.56. The van der Waals surface area contributed by atoms with E-state index in [4.69, 9.17) is 4.52 Å². The molecule has 0 aliphatic carbocycles. The van der Waals surface area contributed by atoms with Crippen LogP contribution in [0.25, 0.3) is 17.0 Å². The van der Waals surface area contributed by atoms with E-state index in [0.717, 1.165) is 11.1 Å². The minimum Gasteiger partial charge on any atom is -0.343 e. The van der Waals surface area contributed by atoms with Crippen LogP contribution >= 0.6 is 0 Å². The first-order chi connectivity index (χ1) is 12.6. The average Bonchev–Trinajstić information content (AvgIpc) is 3.30. The molecule has 1 amide bonds. The molecule has 1 aromatic carbocycles. The van der Waals surface area contributed by atoms with Crippen LogP contribution in [0, 0.1) is 13.8 Å². The minimum absolute atomic E-state index is 0.133. The van der Waals surface area contributed by atoms with E-state index in [1.54, 1.807) is 16.8 Å². The van der Waals surface area contributed by atoms with Gasteiger partial charge in [0, 0.05) is 17.8 Å². The summed E-state index contributed by atoms with van der Waals surface area (Å²) < 4.78 is 6.86. The van der Waals surface area contributed by atoms with Crippen LogP contribution in [0.4, 0.5) is 0 Å². The van der Waals surface area contributed by atoms with Gasteiger partial charge in [-0.2, -0.15) is 10.1 Å². The molecule has 0 saturated carbocycles. The van der Waals surface area contributed by atoms with Gasteiger partial charge in [0.05, 0.1) is 24.0 Å². The number of benzene rings is 1. The van der Waals surface area contributed by atoms with Crippen LogP contribution in [0.5, 0.6) is 0 Å². The number of carbonyl (C=O) groups is 1. The summed E-state index contributed by atoms with van der Waals surface area (Å²) >= 11 is 0. The Morgan fingerprint density at radius 2 is 2.08 bits per heavy atom. The third-order valence-corrected chi connectivity index (χ3v) is 4.16. The standard InChI is InChI=1S/C18H16N6O2/c1-11-5-3-4-6-13(11)17-22-16(26-23-17)10-20-18(25)14-9-19-15-7-8-21-24(15)12(14)2/h3-9H,10H2,1-2H3,(H,20,25). The summed E-state index contributed by atoms with van der Waals surface area (Å²) in [7, 11) is 0. The van der Waals surface area contributed by atoms with Gasteiger partial charge in [-0.15, -0.1) is 0 Å². The summed E-state index contributed by atoms with van der Waals surface area (Å²) in [5.41, 5.74) is 3.80. The van der Waals surface area contributed by atoms with Crippen molar-refractivity contribution in [2.24, 2.45) is 0 Å². The molecule has 0 bridgehead atoms. The zero-order valence-electron chi connectivity index (χ0n) is 14.3. The number of carbonyl (C=O) groups excluding carboxylic acids is 1. The molecule has 130 valence electrons. The predicted octanol–water partition coefficient (Wildman–Crippen LogP) is 2.33. The van der Waals surface area contributed by atoms with Gasteiger partial charge >= 0.3 is 0 Å². The Bertz CT molecular complexity index is 1100. The fourth-order valence-electron chi connectivity index (χ4n) is 2.72. The lowest BCUT2D eigenvalue weighted by atomic mass is 10.1. The smallest absolute Gasteiger partial charge is 0.255 e. The predicted molar refractivity (Wildman–Crippen MR) is 93.4 cm³/mol. The van der Waals surface area contributed by atoms with Crippen molar-refractivity contribution >= 4 is 11.6 Å². The summed E-state index contributed by atoms with van der Waals surface area (Å²) in [4.78, 5) is 21.0. The molecule has 0 unspecified atom stereocenters. The van der Waals surface area contributed by atoms with Crippen molar-refractivity contribution in [3.63, 3.8) is 0 Å². The SMILES string of the molecule is Cc1ccccc1-c1noc(CNC(=O)c2cnc3ccnn3c2C)n1. The van der Waals surface area contributed by atoms with Crippen LogP contribution in [0.1, 0.15) is 27.5 Å². The number of rotatable bonds is 4. The molecule has 4 rings (SSSR count). The van der Waals surface area contributed by atoms with E-state index >= 15 is 0 Å². The van der Waals surface area contributed by atoms with Gasteiger partial charge < -0.3 is 9.84 Å². The molecule has 0 aliphatic rings. The van der Waals surface area contributed by atoms with Crippen molar-refractivity contribution < 1.29 is 9.32 Å². The van der Waals surface area contributed by atoms with Gasteiger partial charge in [0.2, 0.25) is 11.7 Å². The van der Waals surface area contributed by atoms with Crippen molar-refractivity contribution in [3.8, 4) is 11.4 Å². The Balaban J connectivity index is 1.49. The van der Waals surface area contributed by atoms with Gasteiger partial charge in [-0.25, -0.2) is 9.50 Å². The van der Waals surface area contributed by atoms with E-state index in [1.165, 1.54) is 6.20 Å². The van der Waals surface area contributed by atoms with Gasteiger partial charge in [-0.3, -0.25) is 4.79 Å². The largest absolute Gasteiger partial charge is 0.343 e. The second-order valence-corrected chi connectivity index (χ2v) is 5.87. The van der Waals surface area contributed by atoms with Crippen molar-refractivity contribution in [2.75, 3.05) is 0 Å². The van der Waals surface area contributed by atoms with Crippen LogP contribution in [-0.2, 0) is 6.54 Å². The van der Waals surface area contributed by atoms with Crippen molar-refractivity contribution in [3.05, 3.63) is 65.4 Å². The molecule has 26 heavy (non-hydrogen) atoms. The van der Waals surface area contributed by atoms with E-state index in [0.29, 0.717) is 28.6 Å². The highest BCUT2D eigenvalue weighted by molar-refractivity contribution is 5.95. The number of aromatic nitrogens is 5. The Morgan fingerprint density at radius 1 is 1.23 bits per heavy atom. The van der Waals surface area contributed by atoms with E-state index in [-0.39, 0.29) is 12.5 Å². The first-order valence-corrected chi connectivity index (χ1v) is 8.09. The summed E-state index contributed by atoms with van der Waals surface area (Å²) in [5.74, 6) is 0.564. The second-order valence-electron chi connectivity index (χ2n) is 5.87. The number of hydrogen-bond acceptors (Lipinski definition) is 6. The minimum atomic E-state index is -0.275. The molecule has 3 aromatic heterocycles. The number of aryl methyl sites for hydroxylation is 2. The molecule has 8 nitrogen and oxygen atoms in total. The van der Waals surface area contributed by atoms with E-state index in [9.17, 15) is 4.79 Å². The lowest BCUT2D eigenvalue weighted by molar-refractivity contribution is 0.0944. The maximum absolute atomic E-state index is 12.5. The Kier molecular flexibility index (Phi) is 3.92. The first-order valence-electron chi connectivity index (χ1n) is 8.09. The number of hydrogen-bond donors (Lipinski definition) is 1. The van der Waals surface area contributed by atoms with Gasteiger partial charge in [-0.1, -0.05) is 29.4 Å². The summed E-state index contributed by atoms with van der Waals surface area (Å²) in [5, 5.41) is 10.9. The summed E-state index contributed by atoms with van der Waals surface area (Å²) in [6.07, 6.45) is 3.18. The third kappa shape index (κ3) is 2.81. The molecule has 1 N–H and O–H groups in total. The topological polar surface area (TPSA) is 98.2 Å². The molecular weight excluding hydrogens is 332 g/mol. The lowest BCUT2D eigenvalue weighted by Gasteiger charge is -2.06. The third-order valence-electron chi connectivity index (χ3n) is 4.16. The van der Waals surface area contributed by atoms with Gasteiger partial charge in [0.25, 0.3) is 5.91 Å². The molecule has 4 aromatic rings. The monoisotopic (exact) mass is 348 g/mol. The maximum atomic E-state index is 12.5. The Labute approximate surface area is 148 Å². The van der Waals surface area contributed by atoms with E-state index in [2.05, 4.69) is 25.5 Å². The Hall–Kier alpha value is -3.55. The van der Waals surface area contributed by atoms with Gasteiger partial charge in [-0.05, 0) is 19.4 Å². The first kappa shape index (κ1) is 15.9. The van der Waals surface area contributed by atoms with Crippen molar-refractivity contribution in [2.45, 2.75) is 20.4 Å². The molecule has 0 saturated heterocycles. The lowest BCUT2D eigenvalue weighted by Crippen LogP contribution is -2.25. The number of amides is 1. The highest BCUT2D eigenvalue weighted by Crippen LogP contribution is 2.19. The fraction of sp³-hybridized carbons (Fsp3) is 0.167. The fourth-order valence-corrected chi connectivity index (χ4v) is 2.72. The van der Waals surface area contributed by atoms with Crippen LogP contribution < -0.4 is 5.32 Å². The average molecular weight is 348 g/mol. The van der Waals surface area contributed by atoms with Crippen LogP contribution in [0.2, 0.25) is 0 Å². The second kappa shape index (κ2) is 6.40. The number of nitrogens with one attached hydrogen (secondary N) is 1. The van der Waals surface area contributed by atoms with E-state index in [1.807, 2.05) is 38.1 Å². The maximum Gasteiger partial charge on any atom is 0.255 e. The normalized spacial score (nSPS) is 11.0. The van der Waals surface area contributed by atoms with Gasteiger partial charge in [0.1, 0.15) is 0 Å². The van der Waals surface area contributed by atoms with Crippen LogP contribution in [0.3, 0.4) is 0 Å². The van der Waals surface area contributed by atoms with Gasteiger partial charge in [0.15, 0.2) is 5.65 Å². The molecule has 0 radical (unpaired) electrons. The zero-order valence-corrected chi connectivity index (χ0v) is 14.3. The molecule has 0 atom stereocenters. The number of nitrogens with zero attached hydrogens (tertiary/aromatic N) is 5.